The fourth-order valence-electron chi connectivity index (χ4n) is 4.33. The van der Waals surface area contributed by atoms with Crippen LogP contribution in [0.2, 0.25) is 0 Å². The van der Waals surface area contributed by atoms with Gasteiger partial charge in [-0.25, -0.2) is 4.98 Å². The molecule has 1 fully saturated rings. The highest BCUT2D eigenvalue weighted by Crippen LogP contribution is 2.40. The predicted molar refractivity (Wildman–Crippen MR) is 111 cm³/mol. The zero-order valence-electron chi connectivity index (χ0n) is 17.7. The van der Waals surface area contributed by atoms with Crippen LogP contribution in [-0.2, 0) is 33.0 Å². The Morgan fingerprint density at radius 2 is 2.03 bits per heavy atom. The molecule has 0 saturated carbocycles. The van der Waals surface area contributed by atoms with Gasteiger partial charge in [-0.1, -0.05) is 12.1 Å². The van der Waals surface area contributed by atoms with Crippen LogP contribution in [0.5, 0.6) is 5.75 Å². The summed E-state index contributed by atoms with van der Waals surface area (Å²) in [7, 11) is 3.30. The Morgan fingerprint density at radius 1 is 1.27 bits per heavy atom. The quantitative estimate of drug-likeness (QED) is 0.693. The molecule has 0 unspecified atom stereocenters. The summed E-state index contributed by atoms with van der Waals surface area (Å²) >= 11 is 0. The Hall–Kier alpha value is -2.42. The maximum Gasteiger partial charge on any atom is 0.251 e. The van der Waals surface area contributed by atoms with E-state index in [4.69, 9.17) is 14.2 Å². The molecule has 1 N–H and O–H groups in total. The van der Waals surface area contributed by atoms with Crippen molar-refractivity contribution in [2.24, 2.45) is 0 Å². The van der Waals surface area contributed by atoms with Crippen molar-refractivity contribution in [1.29, 1.82) is 0 Å². The smallest absolute Gasteiger partial charge is 0.251 e. The number of carbonyl (C=O) groups excluding carboxylic acids is 1. The van der Waals surface area contributed by atoms with E-state index in [0.717, 1.165) is 44.0 Å². The fourth-order valence-corrected chi connectivity index (χ4v) is 4.33. The molecule has 0 aliphatic carbocycles. The molecule has 2 aromatic rings. The van der Waals surface area contributed by atoms with Gasteiger partial charge < -0.3 is 24.1 Å². The molecule has 1 aromatic carbocycles. The van der Waals surface area contributed by atoms with E-state index in [1.807, 2.05) is 18.3 Å². The minimum Gasteiger partial charge on any atom is -0.497 e. The molecule has 2 aliphatic heterocycles. The lowest BCUT2D eigenvalue weighted by Gasteiger charge is -2.45. The largest absolute Gasteiger partial charge is 0.497 e. The molecule has 8 nitrogen and oxygen atoms in total. The molecule has 1 aromatic heterocycles. The van der Waals surface area contributed by atoms with E-state index in [1.165, 1.54) is 5.56 Å². The Bertz CT molecular complexity index is 843. The van der Waals surface area contributed by atoms with Crippen LogP contribution in [0.4, 0.5) is 0 Å². The molecule has 162 valence electrons. The highest BCUT2D eigenvalue weighted by atomic mass is 16.5. The molecule has 1 atom stereocenters. The van der Waals surface area contributed by atoms with Crippen LogP contribution >= 0.6 is 0 Å². The van der Waals surface area contributed by atoms with Gasteiger partial charge in [-0.3, -0.25) is 9.69 Å². The molecule has 8 heteroatoms. The standard InChI is InChI=1S/C22H30N4O4/c1-28-14-10-23-20(27)19-16-26-13-9-24-21(26)22(30-19)7-11-25(12-8-22)15-17-3-5-18(29-2)6-4-17/h3-6,9,13,19H,7-8,10-12,14-16H2,1-2H3,(H,23,27)/t19-/m0/s1. The molecule has 4 rings (SSSR count). The molecule has 0 bridgehead atoms. The lowest BCUT2D eigenvalue weighted by Crippen LogP contribution is -2.54. The number of ether oxygens (including phenoxy) is 3. The first kappa shape index (κ1) is 20.8. The normalized spacial score (nSPS) is 20.7. The van der Waals surface area contributed by atoms with Gasteiger partial charge in [-0.05, 0) is 30.5 Å². The zero-order valence-corrected chi connectivity index (χ0v) is 17.7. The first-order valence-electron chi connectivity index (χ1n) is 10.4. The summed E-state index contributed by atoms with van der Waals surface area (Å²) in [4.78, 5) is 19.6. The highest BCUT2D eigenvalue weighted by molar-refractivity contribution is 5.80. The molecule has 2 aliphatic rings. The second-order valence-electron chi connectivity index (χ2n) is 7.91. The van der Waals surface area contributed by atoms with Gasteiger partial charge in [-0.15, -0.1) is 0 Å². The number of benzene rings is 1. The average Bonchev–Trinajstić information content (AvgIpc) is 3.26. The number of hydrogen-bond acceptors (Lipinski definition) is 6. The van der Waals surface area contributed by atoms with Crippen LogP contribution in [0.25, 0.3) is 0 Å². The number of amides is 1. The molecule has 1 saturated heterocycles. The Morgan fingerprint density at radius 3 is 2.73 bits per heavy atom. The average molecular weight is 415 g/mol. The number of rotatable bonds is 7. The number of hydrogen-bond donors (Lipinski definition) is 1. The van der Waals surface area contributed by atoms with Gasteiger partial charge in [-0.2, -0.15) is 0 Å². The second kappa shape index (κ2) is 9.16. The summed E-state index contributed by atoms with van der Waals surface area (Å²) in [6.45, 7) is 4.11. The van der Waals surface area contributed by atoms with Crippen LogP contribution in [-0.4, -0.2) is 66.9 Å². The summed E-state index contributed by atoms with van der Waals surface area (Å²) < 4.78 is 18.8. The van der Waals surface area contributed by atoms with E-state index in [0.29, 0.717) is 19.7 Å². The van der Waals surface area contributed by atoms with Crippen LogP contribution in [0.1, 0.15) is 24.2 Å². The summed E-state index contributed by atoms with van der Waals surface area (Å²) in [6.07, 6.45) is 4.84. The maximum atomic E-state index is 12.6. The van der Waals surface area contributed by atoms with E-state index in [2.05, 4.69) is 31.9 Å². The summed E-state index contributed by atoms with van der Waals surface area (Å²) in [5, 5.41) is 2.91. The third-order valence-corrected chi connectivity index (χ3v) is 5.98. The van der Waals surface area contributed by atoms with E-state index in [9.17, 15) is 4.79 Å². The van der Waals surface area contributed by atoms with Gasteiger partial charge in [0.1, 0.15) is 17.2 Å². The van der Waals surface area contributed by atoms with E-state index >= 15 is 0 Å². The molecule has 1 spiro atoms. The number of fused-ring (bicyclic) bond motifs is 2. The molecular formula is C22H30N4O4. The number of piperidine rings is 1. The van der Waals surface area contributed by atoms with Crippen molar-refractivity contribution in [3.05, 3.63) is 48.0 Å². The number of imidazole rings is 1. The number of nitrogens with zero attached hydrogens (tertiary/aromatic N) is 3. The summed E-state index contributed by atoms with van der Waals surface area (Å²) in [6, 6.07) is 8.20. The van der Waals surface area contributed by atoms with Gasteiger partial charge >= 0.3 is 0 Å². The maximum absolute atomic E-state index is 12.6. The fraction of sp³-hybridized carbons (Fsp3) is 0.545. The van der Waals surface area contributed by atoms with Crippen molar-refractivity contribution in [3.8, 4) is 5.75 Å². The van der Waals surface area contributed by atoms with Crippen LogP contribution in [0.3, 0.4) is 0 Å². The lowest BCUT2D eigenvalue weighted by atomic mass is 9.88. The Balaban J connectivity index is 1.41. The Labute approximate surface area is 177 Å². The van der Waals surface area contributed by atoms with Gasteiger partial charge in [0, 0.05) is 45.7 Å². The number of carbonyl (C=O) groups is 1. The minimum absolute atomic E-state index is 0.0913. The molecule has 30 heavy (non-hydrogen) atoms. The van der Waals surface area contributed by atoms with Crippen LogP contribution in [0.15, 0.2) is 36.7 Å². The van der Waals surface area contributed by atoms with Gasteiger partial charge in [0.25, 0.3) is 5.91 Å². The van der Waals surface area contributed by atoms with E-state index in [1.54, 1.807) is 20.4 Å². The Kier molecular flexibility index (Phi) is 6.36. The van der Waals surface area contributed by atoms with Crippen molar-refractivity contribution in [2.75, 3.05) is 40.5 Å². The van der Waals surface area contributed by atoms with E-state index < -0.39 is 11.7 Å². The van der Waals surface area contributed by atoms with Crippen molar-refractivity contribution in [2.45, 2.75) is 37.6 Å². The van der Waals surface area contributed by atoms with Gasteiger partial charge in [0.2, 0.25) is 0 Å². The minimum atomic E-state index is -0.517. The molecule has 0 radical (unpaired) electrons. The van der Waals surface area contributed by atoms with Crippen molar-refractivity contribution >= 4 is 5.91 Å². The topological polar surface area (TPSA) is 77.9 Å². The van der Waals surface area contributed by atoms with Crippen molar-refractivity contribution < 1.29 is 19.0 Å². The number of likely N-dealkylation sites (tertiary alicyclic amines) is 1. The third-order valence-electron chi connectivity index (χ3n) is 5.98. The van der Waals surface area contributed by atoms with Gasteiger partial charge in [0.05, 0.1) is 20.3 Å². The SMILES string of the molecule is COCCNC(=O)[C@@H]1Cn2ccnc2C2(CCN(Cc3ccc(OC)cc3)CC2)O1. The zero-order chi connectivity index (χ0) is 21.0. The number of methoxy groups -OCH3 is 2. The molecule has 3 heterocycles. The third kappa shape index (κ3) is 4.35. The van der Waals surface area contributed by atoms with Crippen molar-refractivity contribution in [1.82, 2.24) is 19.8 Å². The second-order valence-corrected chi connectivity index (χ2v) is 7.91. The summed E-state index contributed by atoms with van der Waals surface area (Å²) in [5.41, 5.74) is 0.745. The predicted octanol–water partition coefficient (Wildman–Crippen LogP) is 1.54. The van der Waals surface area contributed by atoms with E-state index in [-0.39, 0.29) is 5.91 Å². The van der Waals surface area contributed by atoms with Crippen molar-refractivity contribution in [3.63, 3.8) is 0 Å². The number of aromatic nitrogens is 2. The number of nitrogens with one attached hydrogen (secondary N) is 1. The lowest BCUT2D eigenvalue weighted by molar-refractivity contribution is -0.174. The van der Waals surface area contributed by atoms with Crippen LogP contribution < -0.4 is 10.1 Å². The highest BCUT2D eigenvalue weighted by Gasteiger charge is 2.47. The first-order chi connectivity index (χ1) is 14.6. The van der Waals surface area contributed by atoms with Gasteiger partial charge in [0.15, 0.2) is 6.10 Å². The monoisotopic (exact) mass is 414 g/mol. The summed E-state index contributed by atoms with van der Waals surface area (Å²) in [5.74, 6) is 1.72. The molecule has 1 amide bonds. The first-order valence-corrected chi connectivity index (χ1v) is 10.4. The molecular weight excluding hydrogens is 384 g/mol. The van der Waals surface area contributed by atoms with Crippen LogP contribution in [0, 0.1) is 0 Å².